The molecule has 1 amide bonds. The van der Waals surface area contributed by atoms with Gasteiger partial charge in [0.1, 0.15) is 23.5 Å². The minimum atomic E-state index is -0.326. The highest BCUT2D eigenvalue weighted by Gasteiger charge is 2.25. The zero-order chi connectivity index (χ0) is 17.9. The van der Waals surface area contributed by atoms with Crippen molar-refractivity contribution >= 4 is 22.6 Å². The molecule has 0 unspecified atom stereocenters. The lowest BCUT2D eigenvalue weighted by atomic mass is 9.86. The van der Waals surface area contributed by atoms with Gasteiger partial charge in [-0.25, -0.2) is 14.4 Å². The summed E-state index contributed by atoms with van der Waals surface area (Å²) in [5, 5.41) is 0.731. The molecule has 1 aliphatic carbocycles. The number of rotatable bonds is 3. The van der Waals surface area contributed by atoms with Crippen molar-refractivity contribution in [1.82, 2.24) is 14.9 Å². The minimum absolute atomic E-state index is 0.287. The number of hydrogen-bond donors (Lipinski definition) is 0. The molecule has 1 saturated heterocycles. The van der Waals surface area contributed by atoms with E-state index in [1.165, 1.54) is 44.5 Å². The summed E-state index contributed by atoms with van der Waals surface area (Å²) in [5.74, 6) is 1.29. The van der Waals surface area contributed by atoms with Crippen molar-refractivity contribution in [2.75, 3.05) is 31.1 Å². The number of nitrogens with zero attached hydrogens (tertiary/aromatic N) is 4. The molecule has 0 spiro atoms. The number of amides is 1. The molecule has 0 bridgehead atoms. The highest BCUT2D eigenvalue weighted by atomic mass is 19.1. The third kappa shape index (κ3) is 3.50. The number of anilines is 1. The van der Waals surface area contributed by atoms with Crippen LogP contribution in [0.4, 0.5) is 10.2 Å². The van der Waals surface area contributed by atoms with Gasteiger partial charge in [-0.3, -0.25) is 4.79 Å². The molecule has 5 nitrogen and oxygen atoms in total. The number of hydrogen-bond acceptors (Lipinski definition) is 4. The van der Waals surface area contributed by atoms with Crippen LogP contribution < -0.4 is 4.90 Å². The number of fused-ring (bicyclic) bond motifs is 1. The van der Waals surface area contributed by atoms with E-state index in [4.69, 9.17) is 0 Å². The summed E-state index contributed by atoms with van der Waals surface area (Å²) in [5.41, 5.74) is 0.355. The van der Waals surface area contributed by atoms with Crippen molar-refractivity contribution in [1.29, 1.82) is 0 Å². The van der Waals surface area contributed by atoms with Crippen molar-refractivity contribution in [3.63, 3.8) is 0 Å². The van der Waals surface area contributed by atoms with Gasteiger partial charge in [0.2, 0.25) is 5.91 Å². The topological polar surface area (TPSA) is 49.3 Å². The summed E-state index contributed by atoms with van der Waals surface area (Å²) in [7, 11) is 0. The molecule has 2 aromatic rings. The molecule has 26 heavy (non-hydrogen) atoms. The van der Waals surface area contributed by atoms with E-state index in [2.05, 4.69) is 14.9 Å². The Balaban J connectivity index is 1.41. The Morgan fingerprint density at radius 3 is 2.62 bits per heavy atom. The van der Waals surface area contributed by atoms with Gasteiger partial charge >= 0.3 is 0 Å². The van der Waals surface area contributed by atoms with E-state index in [0.717, 1.165) is 24.3 Å². The summed E-state index contributed by atoms with van der Waals surface area (Å²) in [6.07, 6.45) is 8.36. The monoisotopic (exact) mass is 356 g/mol. The molecular formula is C20H25FN4O. The lowest BCUT2D eigenvalue weighted by Crippen LogP contribution is -2.49. The van der Waals surface area contributed by atoms with Gasteiger partial charge in [-0.1, -0.05) is 25.3 Å². The standard InChI is InChI=1S/C20H25FN4O/c21-17-8-4-7-16-19(17)22-14-23-20(16)25-11-9-24(10-12-25)18(26)13-15-5-2-1-3-6-15/h4,7-8,14-15H,1-3,5-6,9-13H2. The number of aromatic nitrogens is 2. The second-order valence-corrected chi connectivity index (χ2v) is 7.41. The van der Waals surface area contributed by atoms with Gasteiger partial charge in [0.25, 0.3) is 0 Å². The molecule has 0 radical (unpaired) electrons. The molecule has 0 N–H and O–H groups in total. The van der Waals surface area contributed by atoms with Crippen LogP contribution in [0.2, 0.25) is 0 Å². The third-order valence-electron chi connectivity index (χ3n) is 5.71. The van der Waals surface area contributed by atoms with Crippen LogP contribution in [0.5, 0.6) is 0 Å². The maximum atomic E-state index is 14.0. The first-order valence-corrected chi connectivity index (χ1v) is 9.64. The van der Waals surface area contributed by atoms with Crippen LogP contribution in [0.1, 0.15) is 38.5 Å². The average molecular weight is 356 g/mol. The smallest absolute Gasteiger partial charge is 0.222 e. The normalized spacial score (nSPS) is 19.1. The predicted molar refractivity (Wildman–Crippen MR) is 99.5 cm³/mol. The molecule has 138 valence electrons. The lowest BCUT2D eigenvalue weighted by molar-refractivity contribution is -0.132. The second kappa shape index (κ2) is 7.56. The maximum absolute atomic E-state index is 14.0. The van der Waals surface area contributed by atoms with Crippen LogP contribution >= 0.6 is 0 Å². The van der Waals surface area contributed by atoms with Gasteiger partial charge in [-0.05, 0) is 30.9 Å². The Hall–Kier alpha value is -2.24. The zero-order valence-corrected chi connectivity index (χ0v) is 15.0. The van der Waals surface area contributed by atoms with E-state index >= 15 is 0 Å². The number of para-hydroxylation sites is 1. The largest absolute Gasteiger partial charge is 0.352 e. The fourth-order valence-corrected chi connectivity index (χ4v) is 4.22. The highest BCUT2D eigenvalue weighted by molar-refractivity contribution is 5.89. The van der Waals surface area contributed by atoms with Crippen LogP contribution in [0.25, 0.3) is 10.9 Å². The van der Waals surface area contributed by atoms with E-state index in [-0.39, 0.29) is 11.7 Å². The summed E-state index contributed by atoms with van der Waals surface area (Å²) in [6.45, 7) is 2.84. The fraction of sp³-hybridized carbons (Fsp3) is 0.550. The van der Waals surface area contributed by atoms with E-state index in [1.54, 1.807) is 6.07 Å². The molecule has 6 heteroatoms. The van der Waals surface area contributed by atoms with Crippen molar-refractivity contribution in [3.8, 4) is 0 Å². The number of carbonyl (C=O) groups is 1. The quantitative estimate of drug-likeness (QED) is 0.846. The number of halogens is 1. The minimum Gasteiger partial charge on any atom is -0.352 e. The third-order valence-corrected chi connectivity index (χ3v) is 5.71. The van der Waals surface area contributed by atoms with Crippen molar-refractivity contribution in [2.45, 2.75) is 38.5 Å². The first-order chi connectivity index (χ1) is 12.7. The Bertz CT molecular complexity index is 782. The highest BCUT2D eigenvalue weighted by Crippen LogP contribution is 2.28. The zero-order valence-electron chi connectivity index (χ0n) is 15.0. The molecular weight excluding hydrogens is 331 g/mol. The van der Waals surface area contributed by atoms with E-state index in [1.807, 2.05) is 11.0 Å². The van der Waals surface area contributed by atoms with Gasteiger partial charge in [0, 0.05) is 38.0 Å². The van der Waals surface area contributed by atoms with Crippen LogP contribution in [0, 0.1) is 11.7 Å². The predicted octanol–water partition coefficient (Wildman–Crippen LogP) is 3.39. The van der Waals surface area contributed by atoms with E-state index < -0.39 is 0 Å². The van der Waals surface area contributed by atoms with Gasteiger partial charge in [-0.2, -0.15) is 0 Å². The van der Waals surface area contributed by atoms with Gasteiger partial charge in [0.05, 0.1) is 0 Å². The molecule has 2 fully saturated rings. The molecule has 1 saturated carbocycles. The summed E-state index contributed by atoms with van der Waals surface area (Å²) < 4.78 is 14.0. The number of benzene rings is 1. The van der Waals surface area contributed by atoms with Crippen molar-refractivity contribution in [3.05, 3.63) is 30.3 Å². The SMILES string of the molecule is O=C(CC1CCCCC1)N1CCN(c2ncnc3c(F)cccc23)CC1. The molecule has 2 heterocycles. The van der Waals surface area contributed by atoms with Gasteiger partial charge in [0.15, 0.2) is 0 Å². The Morgan fingerprint density at radius 1 is 1.08 bits per heavy atom. The molecule has 2 aliphatic rings. The molecule has 4 rings (SSSR count). The Kier molecular flexibility index (Phi) is 5.00. The van der Waals surface area contributed by atoms with Gasteiger partial charge in [-0.15, -0.1) is 0 Å². The average Bonchev–Trinajstić information content (AvgIpc) is 2.69. The molecule has 1 aliphatic heterocycles. The van der Waals surface area contributed by atoms with E-state index in [0.29, 0.717) is 30.9 Å². The Morgan fingerprint density at radius 2 is 1.85 bits per heavy atom. The summed E-state index contributed by atoms with van der Waals surface area (Å²) in [6, 6.07) is 4.96. The van der Waals surface area contributed by atoms with Crippen LogP contribution in [0.3, 0.4) is 0 Å². The van der Waals surface area contributed by atoms with Crippen LogP contribution in [0.15, 0.2) is 24.5 Å². The van der Waals surface area contributed by atoms with Crippen molar-refractivity contribution in [2.24, 2.45) is 5.92 Å². The summed E-state index contributed by atoms with van der Waals surface area (Å²) in [4.78, 5) is 25.2. The number of piperazine rings is 1. The molecule has 1 aromatic heterocycles. The fourth-order valence-electron chi connectivity index (χ4n) is 4.22. The van der Waals surface area contributed by atoms with Crippen LogP contribution in [-0.2, 0) is 4.79 Å². The first-order valence-electron chi connectivity index (χ1n) is 9.64. The van der Waals surface area contributed by atoms with Gasteiger partial charge < -0.3 is 9.80 Å². The van der Waals surface area contributed by atoms with Crippen LogP contribution in [-0.4, -0.2) is 47.0 Å². The summed E-state index contributed by atoms with van der Waals surface area (Å²) >= 11 is 0. The molecule has 1 aromatic carbocycles. The maximum Gasteiger partial charge on any atom is 0.222 e. The lowest BCUT2D eigenvalue weighted by Gasteiger charge is -2.36. The number of carbonyl (C=O) groups excluding carboxylic acids is 1. The van der Waals surface area contributed by atoms with Crippen molar-refractivity contribution < 1.29 is 9.18 Å². The van der Waals surface area contributed by atoms with E-state index in [9.17, 15) is 9.18 Å². The first kappa shape index (κ1) is 17.2. The second-order valence-electron chi connectivity index (χ2n) is 7.41. The molecule has 0 atom stereocenters. The Labute approximate surface area is 153 Å².